The van der Waals surface area contributed by atoms with Crippen molar-refractivity contribution in [2.45, 2.75) is 6.42 Å². The molecular formula is C20H17N5O3S. The van der Waals surface area contributed by atoms with Crippen LogP contribution in [0.15, 0.2) is 60.4 Å². The van der Waals surface area contributed by atoms with Crippen LogP contribution in [0.5, 0.6) is 0 Å². The van der Waals surface area contributed by atoms with Gasteiger partial charge in [-0.25, -0.2) is 14.5 Å². The number of hydrogen-bond acceptors (Lipinski definition) is 6. The molecule has 0 spiro atoms. The Morgan fingerprint density at radius 3 is 2.83 bits per heavy atom. The number of H-pyrrole nitrogens is 1. The molecule has 1 aromatic carbocycles. The summed E-state index contributed by atoms with van der Waals surface area (Å²) < 4.78 is 6.44. The van der Waals surface area contributed by atoms with Crippen LogP contribution in [0, 0.1) is 0 Å². The molecule has 0 aliphatic carbocycles. The van der Waals surface area contributed by atoms with Crippen molar-refractivity contribution in [3.05, 3.63) is 71.6 Å². The number of aromatic nitrogens is 4. The van der Waals surface area contributed by atoms with Gasteiger partial charge in [0.05, 0.1) is 24.9 Å². The van der Waals surface area contributed by atoms with E-state index in [1.807, 2.05) is 41.9 Å². The topological polar surface area (TPSA) is 102 Å². The maximum absolute atomic E-state index is 12.3. The number of methoxy groups -OCH3 is 1. The molecular weight excluding hydrogens is 390 g/mol. The first-order valence-corrected chi connectivity index (χ1v) is 9.62. The number of benzene rings is 1. The van der Waals surface area contributed by atoms with Crippen molar-refractivity contribution < 1.29 is 14.3 Å². The molecule has 2 N–H and O–H groups in total. The molecule has 3 aromatic heterocycles. The predicted octanol–water partition coefficient (Wildman–Crippen LogP) is 3.29. The lowest BCUT2D eigenvalue weighted by atomic mass is 10.1. The number of carbonyl (C=O) groups is 2. The number of amides is 1. The number of nitrogens with one attached hydrogen (secondary N) is 2. The molecule has 0 aliphatic heterocycles. The third kappa shape index (κ3) is 4.25. The summed E-state index contributed by atoms with van der Waals surface area (Å²) in [5.74, 6) is -0.597. The molecule has 0 unspecified atom stereocenters. The Labute approximate surface area is 170 Å². The number of aromatic amines is 1. The van der Waals surface area contributed by atoms with E-state index in [0.717, 1.165) is 16.8 Å². The molecule has 4 aromatic rings. The van der Waals surface area contributed by atoms with E-state index in [-0.39, 0.29) is 12.3 Å². The van der Waals surface area contributed by atoms with Crippen LogP contribution in [0.2, 0.25) is 0 Å². The van der Waals surface area contributed by atoms with Crippen molar-refractivity contribution >= 4 is 28.3 Å². The average Bonchev–Trinajstić information content (AvgIpc) is 3.48. The number of ether oxygens (including phenoxy) is 1. The van der Waals surface area contributed by atoms with Crippen molar-refractivity contribution in [3.8, 4) is 16.9 Å². The molecule has 8 nitrogen and oxygen atoms in total. The Morgan fingerprint density at radius 2 is 2.10 bits per heavy atom. The summed E-state index contributed by atoms with van der Waals surface area (Å²) in [6, 6.07) is 11.2. The van der Waals surface area contributed by atoms with Crippen LogP contribution in [0.25, 0.3) is 16.9 Å². The van der Waals surface area contributed by atoms with Gasteiger partial charge in [0.1, 0.15) is 5.69 Å². The second-order valence-electron chi connectivity index (χ2n) is 6.17. The van der Waals surface area contributed by atoms with Crippen LogP contribution in [-0.2, 0) is 16.0 Å². The highest BCUT2D eigenvalue weighted by atomic mass is 32.1. The fourth-order valence-electron chi connectivity index (χ4n) is 2.77. The Hall–Kier alpha value is -3.72. The highest BCUT2D eigenvalue weighted by molar-refractivity contribution is 7.14. The lowest BCUT2D eigenvalue weighted by Crippen LogP contribution is -2.14. The first-order chi connectivity index (χ1) is 14.1. The van der Waals surface area contributed by atoms with E-state index in [1.165, 1.54) is 18.4 Å². The summed E-state index contributed by atoms with van der Waals surface area (Å²) in [7, 11) is 1.32. The first kappa shape index (κ1) is 18.6. The van der Waals surface area contributed by atoms with Crippen LogP contribution in [-0.4, -0.2) is 38.7 Å². The zero-order valence-electron chi connectivity index (χ0n) is 15.5. The van der Waals surface area contributed by atoms with E-state index < -0.39 is 5.97 Å². The van der Waals surface area contributed by atoms with Gasteiger partial charge in [-0.2, -0.15) is 5.10 Å². The Bertz CT molecular complexity index is 1130. The van der Waals surface area contributed by atoms with E-state index in [0.29, 0.717) is 16.5 Å². The Kier molecular flexibility index (Phi) is 5.21. The van der Waals surface area contributed by atoms with Crippen LogP contribution in [0.3, 0.4) is 0 Å². The minimum atomic E-state index is -0.446. The third-order valence-electron chi connectivity index (χ3n) is 4.20. The highest BCUT2D eigenvalue weighted by Crippen LogP contribution is 2.25. The molecule has 0 saturated carbocycles. The summed E-state index contributed by atoms with van der Waals surface area (Å²) in [6.07, 6.45) is 5.49. The maximum atomic E-state index is 12.3. The van der Waals surface area contributed by atoms with Crippen molar-refractivity contribution in [1.29, 1.82) is 0 Å². The lowest BCUT2D eigenvalue weighted by Gasteiger charge is -2.04. The molecule has 9 heteroatoms. The number of rotatable bonds is 6. The molecule has 1 amide bonds. The monoisotopic (exact) mass is 407 g/mol. The number of esters is 1. The molecule has 29 heavy (non-hydrogen) atoms. The molecule has 0 bridgehead atoms. The Morgan fingerprint density at radius 1 is 1.28 bits per heavy atom. The van der Waals surface area contributed by atoms with Gasteiger partial charge in [0.2, 0.25) is 5.91 Å². The molecule has 0 atom stereocenters. The van der Waals surface area contributed by atoms with E-state index in [2.05, 4.69) is 25.1 Å². The van der Waals surface area contributed by atoms with E-state index in [4.69, 9.17) is 0 Å². The normalized spacial score (nSPS) is 10.7. The summed E-state index contributed by atoms with van der Waals surface area (Å²) in [5, 5.41) is 9.31. The van der Waals surface area contributed by atoms with Gasteiger partial charge in [0.15, 0.2) is 5.13 Å². The zero-order valence-corrected chi connectivity index (χ0v) is 16.3. The highest BCUT2D eigenvalue weighted by Gasteiger charge is 2.13. The summed E-state index contributed by atoms with van der Waals surface area (Å²) in [5.41, 5.74) is 3.58. The largest absolute Gasteiger partial charge is 0.464 e. The zero-order chi connectivity index (χ0) is 20.2. The molecule has 0 fully saturated rings. The van der Waals surface area contributed by atoms with Gasteiger partial charge in [-0.1, -0.05) is 12.1 Å². The van der Waals surface area contributed by atoms with Crippen LogP contribution in [0.1, 0.15) is 16.1 Å². The van der Waals surface area contributed by atoms with E-state index in [1.54, 1.807) is 23.1 Å². The smallest absolute Gasteiger partial charge is 0.354 e. The summed E-state index contributed by atoms with van der Waals surface area (Å²) >= 11 is 1.32. The van der Waals surface area contributed by atoms with Crippen LogP contribution >= 0.6 is 11.3 Å². The van der Waals surface area contributed by atoms with Gasteiger partial charge >= 0.3 is 5.97 Å². The van der Waals surface area contributed by atoms with Gasteiger partial charge in [-0.3, -0.25) is 4.79 Å². The fraction of sp³-hybridized carbons (Fsp3) is 0.100. The fourth-order valence-corrected chi connectivity index (χ4v) is 3.51. The van der Waals surface area contributed by atoms with Crippen molar-refractivity contribution in [1.82, 2.24) is 19.7 Å². The Balaban J connectivity index is 1.38. The number of thiazole rings is 1. The minimum Gasteiger partial charge on any atom is -0.464 e. The first-order valence-electron chi connectivity index (χ1n) is 8.74. The molecule has 4 rings (SSSR count). The standard InChI is InChI=1S/C20H17N5O3S/c1-28-19(27)16-10-14(11-21-16)17-12-29-20(23-17)24-18(26)9-13-3-5-15(6-4-13)25-8-2-7-22-25/h2-8,10-12,21H,9H2,1H3,(H,23,24,26). The molecule has 0 radical (unpaired) electrons. The van der Waals surface area contributed by atoms with Crippen LogP contribution in [0.4, 0.5) is 5.13 Å². The molecule has 3 heterocycles. The van der Waals surface area contributed by atoms with Crippen molar-refractivity contribution in [2.75, 3.05) is 12.4 Å². The maximum Gasteiger partial charge on any atom is 0.354 e. The summed E-state index contributed by atoms with van der Waals surface area (Å²) in [4.78, 5) is 31.1. The number of carbonyl (C=O) groups excluding carboxylic acids is 2. The molecule has 0 saturated heterocycles. The van der Waals surface area contributed by atoms with Crippen molar-refractivity contribution in [3.63, 3.8) is 0 Å². The van der Waals surface area contributed by atoms with Crippen molar-refractivity contribution in [2.24, 2.45) is 0 Å². The second-order valence-corrected chi connectivity index (χ2v) is 7.03. The number of nitrogens with zero attached hydrogens (tertiary/aromatic N) is 3. The number of hydrogen-bond donors (Lipinski definition) is 2. The predicted molar refractivity (Wildman–Crippen MR) is 109 cm³/mol. The summed E-state index contributed by atoms with van der Waals surface area (Å²) in [6.45, 7) is 0. The van der Waals surface area contributed by atoms with Crippen LogP contribution < -0.4 is 5.32 Å². The van der Waals surface area contributed by atoms with Gasteiger partial charge in [-0.15, -0.1) is 11.3 Å². The lowest BCUT2D eigenvalue weighted by molar-refractivity contribution is -0.115. The van der Waals surface area contributed by atoms with Gasteiger partial charge in [0, 0.05) is 29.5 Å². The molecule has 146 valence electrons. The minimum absolute atomic E-state index is 0.151. The average molecular weight is 407 g/mol. The van der Waals surface area contributed by atoms with Gasteiger partial charge < -0.3 is 15.0 Å². The quantitative estimate of drug-likeness (QED) is 0.478. The number of anilines is 1. The van der Waals surface area contributed by atoms with E-state index in [9.17, 15) is 9.59 Å². The van der Waals surface area contributed by atoms with Gasteiger partial charge in [-0.05, 0) is 29.8 Å². The second kappa shape index (κ2) is 8.11. The van der Waals surface area contributed by atoms with E-state index >= 15 is 0 Å². The SMILES string of the molecule is COC(=O)c1cc(-c2csc(NC(=O)Cc3ccc(-n4cccn4)cc3)n2)c[nH]1. The van der Waals surface area contributed by atoms with Gasteiger partial charge in [0.25, 0.3) is 0 Å². The third-order valence-corrected chi connectivity index (χ3v) is 4.96. The molecule has 0 aliphatic rings.